The van der Waals surface area contributed by atoms with Crippen LogP contribution in [0.1, 0.15) is 37.9 Å². The molecule has 0 atom stereocenters. The smallest absolute Gasteiger partial charge is 0.152 e. The van der Waals surface area contributed by atoms with Gasteiger partial charge in [-0.25, -0.2) is 9.37 Å². The van der Waals surface area contributed by atoms with Crippen LogP contribution in [0.25, 0.3) is 11.4 Å². The van der Waals surface area contributed by atoms with Gasteiger partial charge in [0, 0.05) is 24.2 Å². The Morgan fingerprint density at radius 2 is 1.78 bits per heavy atom. The number of imidazole rings is 1. The number of ether oxygens (including phenoxy) is 1. The second kappa shape index (κ2) is 10.3. The number of halogens is 1. The molecule has 5 nitrogen and oxygen atoms in total. The van der Waals surface area contributed by atoms with E-state index in [2.05, 4.69) is 40.5 Å². The van der Waals surface area contributed by atoms with Gasteiger partial charge in [-0.15, -0.1) is 0 Å². The molecule has 0 saturated heterocycles. The van der Waals surface area contributed by atoms with Gasteiger partial charge in [0.2, 0.25) is 0 Å². The zero-order valence-corrected chi connectivity index (χ0v) is 18.7. The van der Waals surface area contributed by atoms with Crippen LogP contribution in [0, 0.1) is 17.7 Å². The fraction of sp³-hybridized carbons (Fsp3) is 0.346. The highest BCUT2D eigenvalue weighted by Gasteiger charge is 2.25. The molecule has 3 aromatic rings. The van der Waals surface area contributed by atoms with Crippen LogP contribution in [0.4, 0.5) is 10.2 Å². The van der Waals surface area contributed by atoms with Crippen LogP contribution in [0.5, 0.6) is 5.75 Å². The quantitative estimate of drug-likeness (QED) is 0.531. The Labute approximate surface area is 189 Å². The van der Waals surface area contributed by atoms with Crippen LogP contribution in [0.3, 0.4) is 0 Å². The highest BCUT2D eigenvalue weighted by Crippen LogP contribution is 2.30. The van der Waals surface area contributed by atoms with Gasteiger partial charge in [0.15, 0.2) is 5.82 Å². The van der Waals surface area contributed by atoms with Crippen LogP contribution in [0.2, 0.25) is 0 Å². The monoisotopic (exact) mass is 432 g/mol. The fourth-order valence-corrected chi connectivity index (χ4v) is 3.90. The Bertz CT molecular complexity index is 1080. The van der Waals surface area contributed by atoms with E-state index in [0.29, 0.717) is 0 Å². The molecular formula is C26H29FN4O. The SMILES string of the molecule is CCCN1Cc2[nH]c(-c3ccc(OCC#Cc4ccc(F)cc4)cc3)nc2N(CCC)C1. The highest BCUT2D eigenvalue weighted by molar-refractivity contribution is 5.62. The number of fused-ring (bicyclic) bond motifs is 1. The number of H-pyrrole nitrogens is 1. The summed E-state index contributed by atoms with van der Waals surface area (Å²) in [5.41, 5.74) is 2.98. The number of nitrogens with one attached hydrogen (secondary N) is 1. The van der Waals surface area contributed by atoms with Gasteiger partial charge in [-0.3, -0.25) is 4.90 Å². The van der Waals surface area contributed by atoms with Gasteiger partial charge in [-0.1, -0.05) is 25.7 Å². The van der Waals surface area contributed by atoms with Crippen molar-refractivity contribution < 1.29 is 9.13 Å². The van der Waals surface area contributed by atoms with Crippen molar-refractivity contribution in [3.8, 4) is 29.0 Å². The predicted molar refractivity (Wildman–Crippen MR) is 126 cm³/mol. The first-order valence-electron chi connectivity index (χ1n) is 11.2. The number of rotatable bonds is 7. The Balaban J connectivity index is 1.41. The second-order valence-electron chi connectivity index (χ2n) is 7.97. The maximum absolute atomic E-state index is 12.9. The topological polar surface area (TPSA) is 44.4 Å². The zero-order valence-electron chi connectivity index (χ0n) is 18.7. The third kappa shape index (κ3) is 5.30. The Kier molecular flexibility index (Phi) is 7.08. The van der Waals surface area contributed by atoms with E-state index in [-0.39, 0.29) is 12.4 Å². The Morgan fingerprint density at radius 3 is 2.50 bits per heavy atom. The molecule has 2 heterocycles. The Morgan fingerprint density at radius 1 is 1.03 bits per heavy atom. The number of benzene rings is 2. The fourth-order valence-electron chi connectivity index (χ4n) is 3.90. The van der Waals surface area contributed by atoms with E-state index in [0.717, 1.165) is 67.7 Å². The van der Waals surface area contributed by atoms with E-state index >= 15 is 0 Å². The van der Waals surface area contributed by atoms with Crippen molar-refractivity contribution in [1.29, 1.82) is 0 Å². The summed E-state index contributed by atoms with van der Waals surface area (Å²) in [4.78, 5) is 13.3. The first-order valence-corrected chi connectivity index (χ1v) is 11.2. The molecule has 0 aliphatic carbocycles. The molecule has 32 heavy (non-hydrogen) atoms. The van der Waals surface area contributed by atoms with Gasteiger partial charge in [0.1, 0.15) is 24.0 Å². The van der Waals surface area contributed by atoms with E-state index in [9.17, 15) is 4.39 Å². The van der Waals surface area contributed by atoms with Crippen molar-refractivity contribution in [2.75, 3.05) is 31.3 Å². The predicted octanol–water partition coefficient (Wildman–Crippen LogP) is 5.05. The standard InChI is InChI=1S/C26H29FN4O/c1-3-15-30-18-24-26(31(19-30)16-4-2)29-25(28-24)21-9-13-23(14-10-21)32-17-5-6-20-7-11-22(27)12-8-20/h7-14H,3-4,15-19H2,1-2H3,(H,28,29). The molecule has 0 saturated carbocycles. The van der Waals surface area contributed by atoms with Crippen molar-refractivity contribution in [2.45, 2.75) is 33.2 Å². The lowest BCUT2D eigenvalue weighted by Gasteiger charge is -2.35. The molecule has 0 spiro atoms. The number of hydrogen-bond acceptors (Lipinski definition) is 4. The van der Waals surface area contributed by atoms with Crippen molar-refractivity contribution >= 4 is 5.82 Å². The van der Waals surface area contributed by atoms with Crippen LogP contribution in [-0.4, -0.2) is 41.2 Å². The van der Waals surface area contributed by atoms with E-state index in [1.807, 2.05) is 24.3 Å². The van der Waals surface area contributed by atoms with Gasteiger partial charge >= 0.3 is 0 Å². The largest absolute Gasteiger partial charge is 0.481 e. The van der Waals surface area contributed by atoms with Crippen molar-refractivity contribution in [1.82, 2.24) is 14.9 Å². The minimum atomic E-state index is -0.263. The molecule has 0 unspecified atom stereocenters. The lowest BCUT2D eigenvalue weighted by molar-refractivity contribution is 0.248. The molecular weight excluding hydrogens is 403 g/mol. The average Bonchev–Trinajstić information content (AvgIpc) is 3.23. The van der Waals surface area contributed by atoms with Crippen molar-refractivity contribution in [3.05, 3.63) is 65.6 Å². The third-order valence-corrected chi connectivity index (χ3v) is 5.36. The van der Waals surface area contributed by atoms with Gasteiger partial charge in [0.05, 0.1) is 12.4 Å². The molecule has 0 bridgehead atoms. The van der Waals surface area contributed by atoms with Crippen molar-refractivity contribution in [2.24, 2.45) is 0 Å². The molecule has 1 aliphatic heterocycles. The molecule has 2 aromatic carbocycles. The van der Waals surface area contributed by atoms with E-state index in [1.165, 1.54) is 17.8 Å². The maximum Gasteiger partial charge on any atom is 0.152 e. The molecule has 1 N–H and O–H groups in total. The number of aromatic amines is 1. The van der Waals surface area contributed by atoms with Crippen LogP contribution >= 0.6 is 0 Å². The van der Waals surface area contributed by atoms with E-state index in [1.54, 1.807) is 12.1 Å². The zero-order chi connectivity index (χ0) is 22.3. The summed E-state index contributed by atoms with van der Waals surface area (Å²) < 4.78 is 18.7. The summed E-state index contributed by atoms with van der Waals surface area (Å²) in [6.07, 6.45) is 2.24. The lowest BCUT2D eigenvalue weighted by Crippen LogP contribution is -2.43. The third-order valence-electron chi connectivity index (χ3n) is 5.36. The van der Waals surface area contributed by atoms with Gasteiger partial charge < -0.3 is 14.6 Å². The van der Waals surface area contributed by atoms with E-state index in [4.69, 9.17) is 9.72 Å². The molecule has 1 aliphatic rings. The van der Waals surface area contributed by atoms with Gasteiger partial charge in [-0.05, 0) is 67.9 Å². The van der Waals surface area contributed by atoms with E-state index < -0.39 is 0 Å². The molecule has 1 aromatic heterocycles. The molecule has 4 rings (SSSR count). The maximum atomic E-state index is 12.9. The number of anilines is 1. The second-order valence-corrected chi connectivity index (χ2v) is 7.97. The number of nitrogens with zero attached hydrogens (tertiary/aromatic N) is 3. The normalized spacial score (nSPS) is 13.4. The molecule has 0 fully saturated rings. The Hall–Kier alpha value is -3.30. The summed E-state index contributed by atoms with van der Waals surface area (Å²) in [7, 11) is 0. The van der Waals surface area contributed by atoms with Gasteiger partial charge in [-0.2, -0.15) is 0 Å². The average molecular weight is 433 g/mol. The summed E-state index contributed by atoms with van der Waals surface area (Å²) >= 11 is 0. The minimum absolute atomic E-state index is 0.263. The van der Waals surface area contributed by atoms with Crippen LogP contribution < -0.4 is 9.64 Å². The van der Waals surface area contributed by atoms with Crippen LogP contribution in [-0.2, 0) is 6.54 Å². The molecule has 6 heteroatoms. The summed E-state index contributed by atoms with van der Waals surface area (Å²) in [5, 5.41) is 0. The molecule has 0 radical (unpaired) electrons. The summed E-state index contributed by atoms with van der Waals surface area (Å²) in [5.74, 6) is 8.37. The highest BCUT2D eigenvalue weighted by atomic mass is 19.1. The first-order chi connectivity index (χ1) is 15.7. The number of hydrogen-bond donors (Lipinski definition) is 1. The van der Waals surface area contributed by atoms with Crippen LogP contribution in [0.15, 0.2) is 48.5 Å². The lowest BCUT2D eigenvalue weighted by atomic mass is 10.2. The first kappa shape index (κ1) is 21.9. The van der Waals surface area contributed by atoms with Gasteiger partial charge in [0.25, 0.3) is 0 Å². The minimum Gasteiger partial charge on any atom is -0.481 e. The molecule has 0 amide bonds. The van der Waals surface area contributed by atoms with Crippen molar-refractivity contribution in [3.63, 3.8) is 0 Å². The summed E-state index contributed by atoms with van der Waals surface area (Å²) in [6.45, 7) is 8.62. The summed E-state index contributed by atoms with van der Waals surface area (Å²) in [6, 6.07) is 14.0. The number of aromatic nitrogens is 2. The molecule has 166 valence electrons.